The van der Waals surface area contributed by atoms with Crippen molar-refractivity contribution in [1.82, 2.24) is 39.6 Å². The van der Waals surface area contributed by atoms with Crippen molar-refractivity contribution in [3.05, 3.63) is 54.4 Å². The molecule has 152 valence electrons. The van der Waals surface area contributed by atoms with Crippen LogP contribution in [0.1, 0.15) is 49.7 Å². The number of rotatable bonds is 4. The van der Waals surface area contributed by atoms with Crippen molar-refractivity contribution >= 4 is 11.4 Å². The highest BCUT2D eigenvalue weighted by molar-refractivity contribution is 5.72. The molecule has 0 bridgehead atoms. The summed E-state index contributed by atoms with van der Waals surface area (Å²) in [5, 5.41) is 12.0. The van der Waals surface area contributed by atoms with Crippen molar-refractivity contribution in [2.75, 3.05) is 11.4 Å². The van der Waals surface area contributed by atoms with Crippen molar-refractivity contribution in [3.8, 4) is 11.6 Å². The summed E-state index contributed by atoms with van der Waals surface area (Å²) >= 11 is 0. The number of aromatic nitrogens is 7. The van der Waals surface area contributed by atoms with Crippen molar-refractivity contribution < 1.29 is 0 Å². The van der Waals surface area contributed by atoms with Crippen LogP contribution in [0.3, 0.4) is 0 Å². The lowest BCUT2D eigenvalue weighted by atomic mass is 10.1. The predicted octanol–water partition coefficient (Wildman–Crippen LogP) is 2.49. The van der Waals surface area contributed by atoms with Gasteiger partial charge >= 0.3 is 0 Å². The summed E-state index contributed by atoms with van der Waals surface area (Å²) in [7, 11) is 0. The van der Waals surface area contributed by atoms with E-state index < -0.39 is 0 Å². The molecule has 5 heterocycles. The molecule has 9 heteroatoms. The Morgan fingerprint density at radius 2 is 2.10 bits per heavy atom. The van der Waals surface area contributed by atoms with Gasteiger partial charge in [-0.15, -0.1) is 10.2 Å². The number of dihydropyridines is 1. The molecule has 1 saturated carbocycles. The highest BCUT2D eigenvalue weighted by atomic mass is 15.4. The topological polar surface area (TPSA) is 89.6 Å². The van der Waals surface area contributed by atoms with Crippen molar-refractivity contribution in [2.45, 2.75) is 45.2 Å². The molecule has 9 nitrogen and oxygen atoms in total. The van der Waals surface area contributed by atoms with Gasteiger partial charge in [-0.05, 0) is 38.5 Å². The average molecular weight is 401 g/mol. The van der Waals surface area contributed by atoms with Gasteiger partial charge in [-0.1, -0.05) is 13.0 Å². The highest BCUT2D eigenvalue weighted by Gasteiger charge is 2.42. The number of hydrogen-bond acceptors (Lipinski definition) is 7. The molecule has 0 aromatic carbocycles. The quantitative estimate of drug-likeness (QED) is 0.718. The monoisotopic (exact) mass is 401 g/mol. The van der Waals surface area contributed by atoms with Gasteiger partial charge in [-0.2, -0.15) is 4.98 Å². The molecule has 1 fully saturated rings. The van der Waals surface area contributed by atoms with Crippen LogP contribution in [0.25, 0.3) is 17.2 Å². The Morgan fingerprint density at radius 3 is 2.87 bits per heavy atom. The van der Waals surface area contributed by atoms with Crippen molar-refractivity contribution in [3.63, 3.8) is 0 Å². The molecule has 3 aromatic heterocycles. The molecule has 3 aliphatic rings. The first-order valence-corrected chi connectivity index (χ1v) is 10.5. The first-order chi connectivity index (χ1) is 14.8. The average Bonchev–Trinajstić information content (AvgIpc) is 3.37. The van der Waals surface area contributed by atoms with Crippen LogP contribution in [0, 0.1) is 6.92 Å². The molecule has 1 N–H and O–H groups in total. The van der Waals surface area contributed by atoms with Crippen LogP contribution in [0.5, 0.6) is 0 Å². The Hall–Kier alpha value is -3.49. The van der Waals surface area contributed by atoms with E-state index in [0.717, 1.165) is 47.5 Å². The third kappa shape index (κ3) is 2.51. The molecular formula is C21H23N9. The number of hydrogen-bond donors (Lipinski definition) is 1. The first kappa shape index (κ1) is 17.4. The van der Waals surface area contributed by atoms with Gasteiger partial charge in [0.2, 0.25) is 5.95 Å². The second-order valence-corrected chi connectivity index (χ2v) is 7.90. The van der Waals surface area contributed by atoms with Crippen LogP contribution in [0.15, 0.2) is 36.9 Å². The molecule has 6 rings (SSSR count). The lowest BCUT2D eigenvalue weighted by Crippen LogP contribution is -2.38. The second-order valence-electron chi connectivity index (χ2n) is 7.90. The smallest absolute Gasteiger partial charge is 0.237 e. The van der Waals surface area contributed by atoms with E-state index in [1.165, 1.54) is 12.8 Å². The third-order valence-electron chi connectivity index (χ3n) is 5.97. The first-order valence-electron chi connectivity index (χ1n) is 10.5. The minimum absolute atomic E-state index is 0.172. The molecule has 0 saturated heterocycles. The van der Waals surface area contributed by atoms with Gasteiger partial charge in [0.1, 0.15) is 17.3 Å². The fourth-order valence-electron chi connectivity index (χ4n) is 4.44. The van der Waals surface area contributed by atoms with E-state index in [9.17, 15) is 0 Å². The van der Waals surface area contributed by atoms with E-state index in [0.29, 0.717) is 12.0 Å². The SMILES string of the molecule is CC[C@@H]1c2nnc(C)n2-c2cnc(-n3ccnc3C3=CCNC=C3)nc2N1C1CC1. The van der Waals surface area contributed by atoms with Gasteiger partial charge in [0.25, 0.3) is 0 Å². The third-order valence-corrected chi connectivity index (χ3v) is 5.97. The van der Waals surface area contributed by atoms with Crippen molar-refractivity contribution in [2.24, 2.45) is 0 Å². The maximum absolute atomic E-state index is 5.07. The highest BCUT2D eigenvalue weighted by Crippen LogP contribution is 2.45. The van der Waals surface area contributed by atoms with Gasteiger partial charge in [-0.25, -0.2) is 9.97 Å². The van der Waals surface area contributed by atoms with Gasteiger partial charge in [0.05, 0.1) is 12.2 Å². The van der Waals surface area contributed by atoms with Gasteiger partial charge in [-0.3, -0.25) is 9.13 Å². The van der Waals surface area contributed by atoms with E-state index >= 15 is 0 Å². The second kappa shape index (κ2) is 6.51. The largest absolute Gasteiger partial charge is 0.387 e. The maximum atomic E-state index is 5.07. The summed E-state index contributed by atoms with van der Waals surface area (Å²) in [6.07, 6.45) is 15.0. The summed E-state index contributed by atoms with van der Waals surface area (Å²) in [5.74, 6) is 4.28. The Balaban J connectivity index is 1.52. The van der Waals surface area contributed by atoms with Crippen LogP contribution in [0.2, 0.25) is 0 Å². The Morgan fingerprint density at radius 1 is 1.20 bits per heavy atom. The standard InChI is InChI=1S/C21H23N9/c1-3-16-20-27-26-13(2)29(20)17-12-24-21(25-19(17)30(16)15-4-5-15)28-11-10-23-18(28)14-6-8-22-9-7-14/h6-8,10-12,15-16,22H,3-5,9H2,1-2H3/t16-/m1/s1. The summed E-state index contributed by atoms with van der Waals surface area (Å²) in [5.41, 5.74) is 2.01. The van der Waals surface area contributed by atoms with E-state index in [-0.39, 0.29) is 6.04 Å². The number of nitrogens with one attached hydrogen (secondary N) is 1. The Bertz CT molecular complexity index is 1180. The fourth-order valence-corrected chi connectivity index (χ4v) is 4.44. The summed E-state index contributed by atoms with van der Waals surface area (Å²) in [4.78, 5) is 16.8. The summed E-state index contributed by atoms with van der Waals surface area (Å²) < 4.78 is 4.07. The van der Waals surface area contributed by atoms with Crippen molar-refractivity contribution in [1.29, 1.82) is 0 Å². The number of aryl methyl sites for hydroxylation is 1. The lowest BCUT2D eigenvalue weighted by Gasteiger charge is -2.37. The normalized spacial score (nSPS) is 19.9. The molecule has 0 unspecified atom stereocenters. The van der Waals surface area contributed by atoms with Crippen LogP contribution < -0.4 is 10.2 Å². The van der Waals surface area contributed by atoms with E-state index in [1.54, 1.807) is 6.20 Å². The Kier molecular flexibility index (Phi) is 3.77. The van der Waals surface area contributed by atoms with Crippen LogP contribution in [0.4, 0.5) is 5.82 Å². The summed E-state index contributed by atoms with van der Waals surface area (Å²) in [6.45, 7) is 4.97. The van der Waals surface area contributed by atoms with Gasteiger partial charge in [0.15, 0.2) is 11.6 Å². The van der Waals surface area contributed by atoms with Gasteiger partial charge in [0, 0.05) is 30.6 Å². The van der Waals surface area contributed by atoms with E-state index in [4.69, 9.17) is 9.97 Å². The Labute approximate surface area is 174 Å². The number of anilines is 1. The van der Waals surface area contributed by atoms with E-state index in [1.807, 2.05) is 36.2 Å². The molecule has 2 aliphatic heterocycles. The minimum Gasteiger partial charge on any atom is -0.387 e. The number of imidazole rings is 1. The minimum atomic E-state index is 0.172. The number of allylic oxidation sites excluding steroid dienone is 2. The fraction of sp³-hybridized carbons (Fsp3) is 0.381. The van der Waals surface area contributed by atoms with Crippen LogP contribution in [-0.2, 0) is 0 Å². The van der Waals surface area contributed by atoms with Gasteiger partial charge < -0.3 is 10.2 Å². The lowest BCUT2D eigenvalue weighted by molar-refractivity contribution is 0.530. The van der Waals surface area contributed by atoms with Crippen LogP contribution >= 0.6 is 0 Å². The summed E-state index contributed by atoms with van der Waals surface area (Å²) in [6, 6.07) is 0.672. The molecular weight excluding hydrogens is 378 g/mol. The molecule has 3 aromatic rings. The number of fused-ring (bicyclic) bond motifs is 3. The van der Waals surface area contributed by atoms with Crippen LogP contribution in [-0.4, -0.2) is 46.9 Å². The zero-order chi connectivity index (χ0) is 20.2. The molecule has 0 radical (unpaired) electrons. The maximum Gasteiger partial charge on any atom is 0.237 e. The zero-order valence-corrected chi connectivity index (χ0v) is 17.0. The molecule has 0 spiro atoms. The molecule has 30 heavy (non-hydrogen) atoms. The predicted molar refractivity (Wildman–Crippen MR) is 112 cm³/mol. The number of nitrogens with zero attached hydrogens (tertiary/aromatic N) is 8. The molecule has 0 amide bonds. The zero-order valence-electron chi connectivity index (χ0n) is 17.0. The molecule has 1 atom stereocenters. The molecule has 1 aliphatic carbocycles. The van der Waals surface area contributed by atoms with E-state index in [2.05, 4.69) is 43.0 Å².